The van der Waals surface area contributed by atoms with E-state index in [4.69, 9.17) is 9.47 Å². The van der Waals surface area contributed by atoms with Gasteiger partial charge in [0.1, 0.15) is 6.61 Å². The van der Waals surface area contributed by atoms with Gasteiger partial charge >= 0.3 is 5.97 Å². The molecule has 34 heavy (non-hydrogen) atoms. The summed E-state index contributed by atoms with van der Waals surface area (Å²) in [5.41, 5.74) is -2.39. The van der Waals surface area contributed by atoms with Crippen LogP contribution < -0.4 is 0 Å². The number of ether oxygens (including phenoxy) is 2. The summed E-state index contributed by atoms with van der Waals surface area (Å²) in [4.78, 5) is 12.1. The number of carbonyl (C=O) groups is 1. The van der Waals surface area contributed by atoms with E-state index >= 15 is 0 Å². The maximum atomic E-state index is 12.1. The molecule has 0 bridgehead atoms. The number of esters is 1. The second-order valence-corrected chi connectivity index (χ2v) is 9.94. The Balaban J connectivity index is 3.93. The monoisotopic (exact) mass is 492 g/mol. The summed E-state index contributed by atoms with van der Waals surface area (Å²) in [6, 6.07) is 0. The van der Waals surface area contributed by atoms with Crippen LogP contribution in [-0.2, 0) is 14.3 Å². The first kappa shape index (κ1) is 33.2. The lowest BCUT2D eigenvalue weighted by atomic mass is 9.90. The van der Waals surface area contributed by atoms with Crippen molar-refractivity contribution in [2.45, 2.75) is 96.8 Å². The van der Waals surface area contributed by atoms with E-state index in [1.54, 1.807) is 0 Å². The normalized spacial score (nSPS) is 12.3. The summed E-state index contributed by atoms with van der Waals surface area (Å²) >= 11 is 0. The fourth-order valence-electron chi connectivity index (χ4n) is 3.64. The lowest BCUT2D eigenvalue weighted by Crippen LogP contribution is -2.44. The summed E-state index contributed by atoms with van der Waals surface area (Å²) in [5.74, 6) is -0.371. The fourth-order valence-corrected chi connectivity index (χ4v) is 3.64. The molecular formula is C26H52O8. The third-order valence-electron chi connectivity index (χ3n) is 6.52. The average molecular weight is 493 g/mol. The zero-order valence-corrected chi connectivity index (χ0v) is 21.5. The molecule has 204 valence electrons. The van der Waals surface area contributed by atoms with Crippen molar-refractivity contribution >= 4 is 5.97 Å². The van der Waals surface area contributed by atoms with Crippen molar-refractivity contribution in [2.75, 3.05) is 52.9 Å². The molecule has 0 aromatic rings. The number of unbranched alkanes of at least 4 members (excludes halogenated alkanes) is 12. The van der Waals surface area contributed by atoms with Gasteiger partial charge in [0.15, 0.2) is 0 Å². The number of hydrogen-bond donors (Lipinski definition) is 5. The lowest BCUT2D eigenvalue weighted by Gasteiger charge is -2.32. The highest BCUT2D eigenvalue weighted by molar-refractivity contribution is 5.69. The molecule has 0 saturated carbocycles. The van der Waals surface area contributed by atoms with Crippen molar-refractivity contribution in [2.24, 2.45) is 10.8 Å². The number of rotatable bonds is 25. The van der Waals surface area contributed by atoms with Crippen LogP contribution in [0.5, 0.6) is 0 Å². The Morgan fingerprint density at radius 2 is 0.941 bits per heavy atom. The van der Waals surface area contributed by atoms with Crippen molar-refractivity contribution < 1.29 is 39.8 Å². The van der Waals surface area contributed by atoms with Gasteiger partial charge in [0.2, 0.25) is 0 Å². The largest absolute Gasteiger partial charge is 0.465 e. The van der Waals surface area contributed by atoms with E-state index in [-0.39, 0.29) is 25.8 Å². The van der Waals surface area contributed by atoms with Crippen LogP contribution in [0.1, 0.15) is 96.8 Å². The first-order valence-corrected chi connectivity index (χ1v) is 13.2. The second kappa shape index (κ2) is 21.5. The van der Waals surface area contributed by atoms with Crippen LogP contribution in [0.15, 0.2) is 0 Å². The van der Waals surface area contributed by atoms with Crippen LogP contribution in [0.25, 0.3) is 0 Å². The van der Waals surface area contributed by atoms with Gasteiger partial charge in [0, 0.05) is 6.42 Å². The molecule has 0 atom stereocenters. The third-order valence-corrected chi connectivity index (χ3v) is 6.52. The van der Waals surface area contributed by atoms with E-state index in [0.29, 0.717) is 6.42 Å². The van der Waals surface area contributed by atoms with E-state index in [1.165, 1.54) is 64.2 Å². The molecule has 0 saturated heterocycles. The summed E-state index contributed by atoms with van der Waals surface area (Å²) < 4.78 is 10.7. The standard InChI is InChI=1S/C26H52O8/c1-2-3-4-5-6-7-8-9-10-11-12-13-14-15-24(32)34-23-26(19-30,20-31)22-33-21-25(16-27,17-28)18-29/h27-31H,2-23H2,1H3. The maximum absolute atomic E-state index is 12.1. The van der Waals surface area contributed by atoms with Gasteiger partial charge in [0.25, 0.3) is 0 Å². The summed E-state index contributed by atoms with van der Waals surface area (Å²) in [6.07, 6.45) is 16.3. The van der Waals surface area contributed by atoms with Crippen LogP contribution in [0.3, 0.4) is 0 Å². The molecule has 0 spiro atoms. The zero-order valence-electron chi connectivity index (χ0n) is 21.5. The van der Waals surface area contributed by atoms with Crippen molar-refractivity contribution in [3.63, 3.8) is 0 Å². The quantitative estimate of drug-likeness (QED) is 0.0969. The predicted octanol–water partition coefficient (Wildman–Crippen LogP) is 2.96. The van der Waals surface area contributed by atoms with Gasteiger partial charge in [-0.25, -0.2) is 0 Å². The molecule has 0 aromatic carbocycles. The Kier molecular flexibility index (Phi) is 21.0. The third kappa shape index (κ3) is 15.3. The minimum Gasteiger partial charge on any atom is -0.465 e. The van der Waals surface area contributed by atoms with E-state index in [1.807, 2.05) is 0 Å². The van der Waals surface area contributed by atoms with Crippen molar-refractivity contribution in [1.29, 1.82) is 0 Å². The number of aliphatic hydroxyl groups excluding tert-OH is 5. The Hall–Kier alpha value is -0.770. The van der Waals surface area contributed by atoms with Crippen molar-refractivity contribution in [1.82, 2.24) is 0 Å². The molecule has 0 aromatic heterocycles. The van der Waals surface area contributed by atoms with Gasteiger partial charge in [-0.2, -0.15) is 0 Å². The van der Waals surface area contributed by atoms with E-state index in [9.17, 15) is 30.3 Å². The van der Waals surface area contributed by atoms with E-state index in [2.05, 4.69) is 6.92 Å². The van der Waals surface area contributed by atoms with Crippen molar-refractivity contribution in [3.05, 3.63) is 0 Å². The Bertz CT molecular complexity index is 455. The molecule has 0 fully saturated rings. The topological polar surface area (TPSA) is 137 Å². The highest BCUT2D eigenvalue weighted by Crippen LogP contribution is 2.21. The molecule has 0 aliphatic rings. The Morgan fingerprint density at radius 1 is 0.559 bits per heavy atom. The summed E-state index contributed by atoms with van der Waals surface area (Å²) in [6.45, 7) is -0.594. The minimum atomic E-state index is -1.21. The fraction of sp³-hybridized carbons (Fsp3) is 0.962. The molecule has 5 N–H and O–H groups in total. The first-order valence-electron chi connectivity index (χ1n) is 13.2. The molecular weight excluding hydrogens is 440 g/mol. The molecule has 0 heterocycles. The number of aliphatic hydroxyl groups is 5. The Morgan fingerprint density at radius 3 is 1.35 bits per heavy atom. The number of hydrogen-bond acceptors (Lipinski definition) is 8. The van der Waals surface area contributed by atoms with Gasteiger partial charge < -0.3 is 35.0 Å². The molecule has 8 nitrogen and oxygen atoms in total. The van der Waals surface area contributed by atoms with Gasteiger partial charge in [-0.1, -0.05) is 84.0 Å². The smallest absolute Gasteiger partial charge is 0.305 e. The highest BCUT2D eigenvalue weighted by atomic mass is 16.5. The van der Waals surface area contributed by atoms with Crippen LogP contribution in [-0.4, -0.2) is 84.4 Å². The average Bonchev–Trinajstić information content (AvgIpc) is 2.87. The van der Waals surface area contributed by atoms with Crippen molar-refractivity contribution in [3.8, 4) is 0 Å². The lowest BCUT2D eigenvalue weighted by molar-refractivity contribution is -0.154. The van der Waals surface area contributed by atoms with Crippen LogP contribution in [0.2, 0.25) is 0 Å². The van der Waals surface area contributed by atoms with Gasteiger partial charge in [-0.3, -0.25) is 4.79 Å². The molecule has 0 rings (SSSR count). The van der Waals surface area contributed by atoms with Gasteiger partial charge in [-0.05, 0) is 6.42 Å². The molecule has 0 unspecified atom stereocenters. The van der Waals surface area contributed by atoms with Crippen LogP contribution in [0, 0.1) is 10.8 Å². The molecule has 8 heteroatoms. The van der Waals surface area contributed by atoms with Gasteiger partial charge in [0.05, 0.1) is 57.1 Å². The van der Waals surface area contributed by atoms with Gasteiger partial charge in [-0.15, -0.1) is 0 Å². The molecule has 0 aliphatic carbocycles. The number of carbonyl (C=O) groups excluding carboxylic acids is 1. The highest BCUT2D eigenvalue weighted by Gasteiger charge is 2.34. The maximum Gasteiger partial charge on any atom is 0.305 e. The van der Waals surface area contributed by atoms with E-state index < -0.39 is 43.9 Å². The Labute approximate surface area is 206 Å². The molecule has 0 radical (unpaired) electrons. The SMILES string of the molecule is CCCCCCCCCCCCCCCC(=O)OCC(CO)(CO)COCC(CO)(CO)CO. The summed E-state index contributed by atoms with van der Waals surface area (Å²) in [5, 5.41) is 47.5. The molecule has 0 amide bonds. The zero-order chi connectivity index (χ0) is 25.5. The van der Waals surface area contributed by atoms with Crippen LogP contribution >= 0.6 is 0 Å². The van der Waals surface area contributed by atoms with Crippen LogP contribution in [0.4, 0.5) is 0 Å². The first-order chi connectivity index (χ1) is 16.5. The second-order valence-electron chi connectivity index (χ2n) is 9.94. The summed E-state index contributed by atoms with van der Waals surface area (Å²) in [7, 11) is 0. The molecule has 0 aliphatic heterocycles. The minimum absolute atomic E-state index is 0.145. The van der Waals surface area contributed by atoms with E-state index in [0.717, 1.165) is 19.3 Å². The predicted molar refractivity (Wildman–Crippen MR) is 132 cm³/mol.